The van der Waals surface area contributed by atoms with Crippen molar-refractivity contribution in [1.29, 1.82) is 0 Å². The Hall–Kier alpha value is -3.28. The number of carbonyl (C=O) groups is 2. The highest BCUT2D eigenvalue weighted by Gasteiger charge is 2.37. The summed E-state index contributed by atoms with van der Waals surface area (Å²) in [5.41, 5.74) is 2.19. The number of hydrogen-bond acceptors (Lipinski definition) is 4. The predicted molar refractivity (Wildman–Crippen MR) is 128 cm³/mol. The quantitative estimate of drug-likeness (QED) is 0.442. The molecule has 0 aliphatic heterocycles. The molecule has 1 fully saturated rings. The van der Waals surface area contributed by atoms with Crippen molar-refractivity contribution in [1.82, 2.24) is 10.6 Å². The van der Waals surface area contributed by atoms with Gasteiger partial charge in [-0.25, -0.2) is 4.79 Å². The van der Waals surface area contributed by atoms with Gasteiger partial charge in [0.25, 0.3) is 5.91 Å². The van der Waals surface area contributed by atoms with Gasteiger partial charge in [0.15, 0.2) is 0 Å². The van der Waals surface area contributed by atoms with Crippen molar-refractivity contribution < 1.29 is 18.7 Å². The van der Waals surface area contributed by atoms with Gasteiger partial charge < -0.3 is 19.8 Å². The SMILES string of the molecule is CCCCOC(=O)N[C@H]1CC[C@@](CNC(=O)c2cccc3ccoc23)(c2ccccc2)CC1. The van der Waals surface area contributed by atoms with Crippen LogP contribution in [-0.4, -0.2) is 31.2 Å². The third-order valence-electron chi connectivity index (χ3n) is 6.69. The van der Waals surface area contributed by atoms with E-state index in [0.29, 0.717) is 24.3 Å². The number of ether oxygens (including phenoxy) is 1. The number of amides is 2. The molecule has 0 saturated heterocycles. The zero-order valence-electron chi connectivity index (χ0n) is 19.1. The molecular formula is C27H32N2O4. The molecule has 0 bridgehead atoms. The second kappa shape index (κ2) is 10.6. The Bertz CT molecular complexity index is 1070. The lowest BCUT2D eigenvalue weighted by atomic mass is 9.68. The lowest BCUT2D eigenvalue weighted by Gasteiger charge is -2.41. The minimum atomic E-state index is -0.333. The lowest BCUT2D eigenvalue weighted by Crippen LogP contribution is -2.47. The third kappa shape index (κ3) is 5.38. The summed E-state index contributed by atoms with van der Waals surface area (Å²) in [6, 6.07) is 17.9. The summed E-state index contributed by atoms with van der Waals surface area (Å²) in [7, 11) is 0. The Morgan fingerprint density at radius 2 is 1.85 bits per heavy atom. The van der Waals surface area contributed by atoms with Crippen molar-refractivity contribution in [3.8, 4) is 0 Å². The average Bonchev–Trinajstić information content (AvgIpc) is 3.33. The molecule has 0 radical (unpaired) electrons. The van der Waals surface area contributed by atoms with Gasteiger partial charge in [0.1, 0.15) is 5.58 Å². The van der Waals surface area contributed by atoms with Gasteiger partial charge >= 0.3 is 6.09 Å². The first-order valence-electron chi connectivity index (χ1n) is 11.8. The molecule has 2 aromatic carbocycles. The second-order valence-electron chi connectivity index (χ2n) is 8.88. The van der Waals surface area contributed by atoms with Crippen molar-refractivity contribution in [2.24, 2.45) is 0 Å². The second-order valence-corrected chi connectivity index (χ2v) is 8.88. The molecule has 1 aliphatic rings. The normalized spacial score (nSPS) is 20.3. The van der Waals surface area contributed by atoms with Crippen LogP contribution in [0.5, 0.6) is 0 Å². The fourth-order valence-corrected chi connectivity index (χ4v) is 4.71. The topological polar surface area (TPSA) is 80.6 Å². The van der Waals surface area contributed by atoms with E-state index in [1.165, 1.54) is 5.56 Å². The number of furan rings is 1. The van der Waals surface area contributed by atoms with Crippen LogP contribution in [0.15, 0.2) is 65.3 Å². The Balaban J connectivity index is 1.43. The number of benzene rings is 2. The van der Waals surface area contributed by atoms with Crippen molar-refractivity contribution in [2.75, 3.05) is 13.2 Å². The van der Waals surface area contributed by atoms with Crippen molar-refractivity contribution in [3.05, 3.63) is 72.0 Å². The number of nitrogens with one attached hydrogen (secondary N) is 2. The van der Waals surface area contributed by atoms with Crippen LogP contribution in [-0.2, 0) is 10.2 Å². The van der Waals surface area contributed by atoms with E-state index in [1.54, 1.807) is 12.3 Å². The molecule has 6 nitrogen and oxygen atoms in total. The summed E-state index contributed by atoms with van der Waals surface area (Å²) in [4.78, 5) is 25.1. The van der Waals surface area contributed by atoms with Gasteiger partial charge in [0.05, 0.1) is 18.4 Å². The van der Waals surface area contributed by atoms with E-state index in [0.717, 1.165) is 43.9 Å². The molecule has 2 amide bonds. The van der Waals surface area contributed by atoms with E-state index in [2.05, 4.69) is 29.7 Å². The third-order valence-corrected chi connectivity index (χ3v) is 6.69. The van der Waals surface area contributed by atoms with Crippen LogP contribution < -0.4 is 10.6 Å². The van der Waals surface area contributed by atoms with Crippen LogP contribution in [0.3, 0.4) is 0 Å². The Morgan fingerprint density at radius 1 is 1.06 bits per heavy atom. The number of fused-ring (bicyclic) bond motifs is 1. The van der Waals surface area contributed by atoms with E-state index >= 15 is 0 Å². The van der Waals surface area contributed by atoms with Gasteiger partial charge in [-0.1, -0.05) is 55.8 Å². The summed E-state index contributed by atoms with van der Waals surface area (Å²) in [6.45, 7) is 3.05. The Morgan fingerprint density at radius 3 is 2.61 bits per heavy atom. The zero-order chi connectivity index (χ0) is 23.1. The van der Waals surface area contributed by atoms with Gasteiger partial charge in [-0.3, -0.25) is 4.79 Å². The molecule has 174 valence electrons. The highest BCUT2D eigenvalue weighted by molar-refractivity contribution is 6.04. The summed E-state index contributed by atoms with van der Waals surface area (Å²) >= 11 is 0. The van der Waals surface area contributed by atoms with E-state index < -0.39 is 0 Å². The van der Waals surface area contributed by atoms with Crippen molar-refractivity contribution in [3.63, 3.8) is 0 Å². The molecule has 33 heavy (non-hydrogen) atoms. The minimum absolute atomic E-state index is 0.0866. The monoisotopic (exact) mass is 448 g/mol. The number of carbonyl (C=O) groups excluding carboxylic acids is 2. The molecule has 0 atom stereocenters. The van der Waals surface area contributed by atoms with E-state index in [-0.39, 0.29) is 23.5 Å². The van der Waals surface area contributed by atoms with Crippen LogP contribution >= 0.6 is 0 Å². The van der Waals surface area contributed by atoms with Gasteiger partial charge in [-0.15, -0.1) is 0 Å². The number of alkyl carbamates (subject to hydrolysis) is 1. The summed E-state index contributed by atoms with van der Waals surface area (Å²) in [6.07, 6.45) is 6.54. The van der Waals surface area contributed by atoms with Crippen LogP contribution in [0.2, 0.25) is 0 Å². The van der Waals surface area contributed by atoms with Gasteiger partial charge in [-0.2, -0.15) is 0 Å². The Labute approximate surface area is 194 Å². The van der Waals surface area contributed by atoms with E-state index in [1.807, 2.05) is 36.4 Å². The number of unbranched alkanes of at least 4 members (excludes halogenated alkanes) is 1. The maximum absolute atomic E-state index is 13.1. The molecule has 6 heteroatoms. The fourth-order valence-electron chi connectivity index (χ4n) is 4.71. The fraction of sp³-hybridized carbons (Fsp3) is 0.407. The molecule has 0 spiro atoms. The summed E-state index contributed by atoms with van der Waals surface area (Å²) in [5, 5.41) is 7.10. The van der Waals surface area contributed by atoms with Crippen molar-refractivity contribution in [2.45, 2.75) is 56.9 Å². The van der Waals surface area contributed by atoms with Gasteiger partial charge in [0.2, 0.25) is 0 Å². The molecule has 1 heterocycles. The number of rotatable bonds is 8. The molecule has 1 aromatic heterocycles. The molecular weight excluding hydrogens is 416 g/mol. The summed E-state index contributed by atoms with van der Waals surface area (Å²) in [5.74, 6) is -0.134. The lowest BCUT2D eigenvalue weighted by molar-refractivity contribution is 0.0934. The first-order chi connectivity index (χ1) is 16.1. The van der Waals surface area contributed by atoms with Crippen molar-refractivity contribution >= 4 is 23.0 Å². The number of hydrogen-bond donors (Lipinski definition) is 2. The predicted octanol–water partition coefficient (Wildman–Crippen LogP) is 5.57. The Kier molecular flexibility index (Phi) is 7.33. The van der Waals surface area contributed by atoms with Gasteiger partial charge in [0, 0.05) is 23.4 Å². The molecule has 3 aromatic rings. The first kappa shape index (κ1) is 22.9. The smallest absolute Gasteiger partial charge is 0.407 e. The van der Waals surface area contributed by atoms with Gasteiger partial charge in [-0.05, 0) is 49.8 Å². The first-order valence-corrected chi connectivity index (χ1v) is 11.8. The number of para-hydroxylation sites is 1. The zero-order valence-corrected chi connectivity index (χ0v) is 19.1. The van der Waals surface area contributed by atoms with E-state index in [9.17, 15) is 9.59 Å². The van der Waals surface area contributed by atoms with Crippen LogP contribution in [0.4, 0.5) is 4.79 Å². The highest BCUT2D eigenvalue weighted by atomic mass is 16.5. The standard InChI is InChI=1S/C27H32N2O4/c1-2-3-17-33-26(31)29-22-12-15-27(16-13-22,21-9-5-4-6-10-21)19-28-25(30)23-11-7-8-20-14-18-32-24(20)23/h4-11,14,18,22H,2-3,12-13,15-17,19H2,1H3,(H,28,30)(H,29,31)/t22-,27+. The molecule has 2 N–H and O–H groups in total. The molecule has 4 rings (SSSR count). The minimum Gasteiger partial charge on any atom is -0.464 e. The maximum atomic E-state index is 13.1. The average molecular weight is 449 g/mol. The molecule has 0 unspecified atom stereocenters. The van der Waals surface area contributed by atoms with E-state index in [4.69, 9.17) is 9.15 Å². The van der Waals surface area contributed by atoms with Crippen LogP contribution in [0, 0.1) is 0 Å². The van der Waals surface area contributed by atoms with Crippen LogP contribution in [0.25, 0.3) is 11.0 Å². The highest BCUT2D eigenvalue weighted by Crippen LogP contribution is 2.39. The van der Waals surface area contributed by atoms with Crippen LogP contribution in [0.1, 0.15) is 61.4 Å². The maximum Gasteiger partial charge on any atom is 0.407 e. The largest absolute Gasteiger partial charge is 0.464 e. The summed E-state index contributed by atoms with van der Waals surface area (Å²) < 4.78 is 10.8. The molecule has 1 aliphatic carbocycles. The molecule has 1 saturated carbocycles.